The Morgan fingerprint density at radius 2 is 1.67 bits per heavy atom. The monoisotopic (exact) mass is 238 g/mol. The van der Waals surface area contributed by atoms with E-state index < -0.39 is 0 Å². The minimum Gasteiger partial charge on any atom is -0.364 e. The summed E-state index contributed by atoms with van der Waals surface area (Å²) in [6, 6.07) is 10.1. The molecular weight excluding hydrogens is 224 g/mol. The Kier molecular flexibility index (Phi) is 2.68. The first-order valence-corrected chi connectivity index (χ1v) is 5.91. The third-order valence-electron chi connectivity index (χ3n) is 2.96. The van der Waals surface area contributed by atoms with Gasteiger partial charge in [0.05, 0.1) is 11.6 Å². The summed E-state index contributed by atoms with van der Waals surface area (Å²) in [7, 11) is 0. The first kappa shape index (κ1) is 10.8. The lowest BCUT2D eigenvalue weighted by atomic mass is 9.97. The van der Waals surface area contributed by atoms with Crippen molar-refractivity contribution in [3.8, 4) is 0 Å². The number of aromatic amines is 2. The highest BCUT2D eigenvalue weighted by Crippen LogP contribution is 2.28. The first-order chi connectivity index (χ1) is 8.84. The van der Waals surface area contributed by atoms with E-state index in [0.717, 1.165) is 22.9 Å². The van der Waals surface area contributed by atoms with Crippen molar-refractivity contribution in [2.45, 2.75) is 12.8 Å². The van der Waals surface area contributed by atoms with E-state index in [1.807, 2.05) is 37.5 Å². The minimum atomic E-state index is 0.0942. The summed E-state index contributed by atoms with van der Waals surface area (Å²) in [5.74, 6) is 0.882. The molecule has 0 aromatic carbocycles. The molecule has 0 radical (unpaired) electrons. The Balaban J connectivity index is 2.11. The summed E-state index contributed by atoms with van der Waals surface area (Å²) >= 11 is 0. The van der Waals surface area contributed by atoms with Gasteiger partial charge in [-0.05, 0) is 37.3 Å². The van der Waals surface area contributed by atoms with E-state index in [4.69, 9.17) is 0 Å². The molecule has 18 heavy (non-hydrogen) atoms. The van der Waals surface area contributed by atoms with Crippen LogP contribution in [0.5, 0.6) is 0 Å². The zero-order chi connectivity index (χ0) is 12.4. The first-order valence-electron chi connectivity index (χ1n) is 5.91. The van der Waals surface area contributed by atoms with Gasteiger partial charge in [-0.25, -0.2) is 9.97 Å². The van der Waals surface area contributed by atoms with Gasteiger partial charge < -0.3 is 9.97 Å². The van der Waals surface area contributed by atoms with E-state index in [-0.39, 0.29) is 5.92 Å². The van der Waals surface area contributed by atoms with Gasteiger partial charge in [-0.1, -0.05) is 0 Å². The zero-order valence-electron chi connectivity index (χ0n) is 10.1. The Bertz CT molecular complexity index is 577. The van der Waals surface area contributed by atoms with Crippen molar-refractivity contribution >= 4 is 0 Å². The van der Waals surface area contributed by atoms with Crippen molar-refractivity contribution in [2.24, 2.45) is 0 Å². The summed E-state index contributed by atoms with van der Waals surface area (Å²) in [6.45, 7) is 1.91. The average Bonchev–Trinajstić information content (AvgIpc) is 3.02. The van der Waals surface area contributed by atoms with E-state index in [0.29, 0.717) is 0 Å². The fraction of sp³-hybridized carbons (Fsp3) is 0.143. The van der Waals surface area contributed by atoms with Gasteiger partial charge in [0.15, 0.2) is 0 Å². The summed E-state index contributed by atoms with van der Waals surface area (Å²) < 4.78 is 0. The summed E-state index contributed by atoms with van der Waals surface area (Å²) in [5.41, 5.74) is 3.23. The Morgan fingerprint density at radius 3 is 2.17 bits per heavy atom. The lowest BCUT2D eigenvalue weighted by Gasteiger charge is -2.14. The topological polar surface area (TPSA) is 57.4 Å². The second kappa shape index (κ2) is 4.49. The molecule has 0 saturated heterocycles. The number of rotatable bonds is 3. The van der Waals surface area contributed by atoms with E-state index >= 15 is 0 Å². The average molecular weight is 238 g/mol. The summed E-state index contributed by atoms with van der Waals surface area (Å²) in [4.78, 5) is 15.2. The van der Waals surface area contributed by atoms with Crippen LogP contribution in [-0.4, -0.2) is 19.9 Å². The SMILES string of the molecule is Cc1nccc(C(c2ccc[nH]2)c2ccc[nH]2)n1. The van der Waals surface area contributed by atoms with Gasteiger partial charge in [0.1, 0.15) is 5.82 Å². The molecule has 0 unspecified atom stereocenters. The van der Waals surface area contributed by atoms with E-state index in [1.165, 1.54) is 0 Å². The van der Waals surface area contributed by atoms with Crippen LogP contribution in [0.25, 0.3) is 0 Å². The number of aryl methyl sites for hydroxylation is 1. The van der Waals surface area contributed by atoms with E-state index in [9.17, 15) is 0 Å². The molecule has 0 fully saturated rings. The Hall–Kier alpha value is -2.36. The number of nitrogens with zero attached hydrogens (tertiary/aromatic N) is 2. The van der Waals surface area contributed by atoms with Gasteiger partial charge in [0.2, 0.25) is 0 Å². The molecule has 0 bridgehead atoms. The molecule has 3 heterocycles. The number of hydrogen-bond donors (Lipinski definition) is 2. The molecule has 3 aromatic heterocycles. The highest BCUT2D eigenvalue weighted by atomic mass is 14.9. The van der Waals surface area contributed by atoms with Gasteiger partial charge in [0.25, 0.3) is 0 Å². The lowest BCUT2D eigenvalue weighted by Crippen LogP contribution is -2.07. The van der Waals surface area contributed by atoms with Crippen molar-refractivity contribution < 1.29 is 0 Å². The molecule has 4 nitrogen and oxygen atoms in total. The number of nitrogens with one attached hydrogen (secondary N) is 2. The van der Waals surface area contributed by atoms with Crippen LogP contribution in [0.2, 0.25) is 0 Å². The number of H-pyrrole nitrogens is 2. The number of hydrogen-bond acceptors (Lipinski definition) is 2. The Labute approximate surface area is 105 Å². The van der Waals surface area contributed by atoms with Gasteiger partial charge in [0, 0.05) is 30.0 Å². The van der Waals surface area contributed by atoms with Crippen LogP contribution in [0, 0.1) is 6.92 Å². The highest BCUT2D eigenvalue weighted by Gasteiger charge is 2.19. The molecule has 3 aromatic rings. The maximum Gasteiger partial charge on any atom is 0.125 e. The summed E-state index contributed by atoms with van der Waals surface area (Å²) in [5, 5.41) is 0. The molecule has 4 heteroatoms. The molecule has 0 amide bonds. The van der Waals surface area contributed by atoms with Crippen LogP contribution in [0.15, 0.2) is 48.9 Å². The fourth-order valence-electron chi connectivity index (χ4n) is 2.17. The number of aromatic nitrogens is 4. The second-order valence-electron chi connectivity index (χ2n) is 4.21. The van der Waals surface area contributed by atoms with Crippen LogP contribution in [0.1, 0.15) is 28.8 Å². The third kappa shape index (κ3) is 1.93. The van der Waals surface area contributed by atoms with Crippen LogP contribution < -0.4 is 0 Å². The standard InChI is InChI=1S/C14H14N4/c1-10-15-9-6-13(18-10)14(11-4-2-7-16-11)12-5-3-8-17-12/h2-9,14,16-17H,1H3. The van der Waals surface area contributed by atoms with E-state index in [1.54, 1.807) is 6.20 Å². The fourth-order valence-corrected chi connectivity index (χ4v) is 2.17. The van der Waals surface area contributed by atoms with Crippen LogP contribution in [-0.2, 0) is 0 Å². The maximum absolute atomic E-state index is 4.53. The third-order valence-corrected chi connectivity index (χ3v) is 2.96. The molecule has 0 saturated carbocycles. The normalized spacial score (nSPS) is 11.0. The molecule has 0 aliphatic rings. The summed E-state index contributed by atoms with van der Waals surface area (Å²) in [6.07, 6.45) is 5.66. The van der Waals surface area contributed by atoms with Crippen LogP contribution in [0.4, 0.5) is 0 Å². The molecule has 2 N–H and O–H groups in total. The van der Waals surface area contributed by atoms with Crippen molar-refractivity contribution in [3.05, 3.63) is 71.8 Å². The molecule has 0 atom stereocenters. The van der Waals surface area contributed by atoms with Gasteiger partial charge in [-0.3, -0.25) is 0 Å². The maximum atomic E-state index is 4.53. The molecule has 0 aliphatic carbocycles. The molecule has 3 rings (SSSR count). The second-order valence-corrected chi connectivity index (χ2v) is 4.21. The van der Waals surface area contributed by atoms with Crippen molar-refractivity contribution in [2.75, 3.05) is 0 Å². The van der Waals surface area contributed by atoms with Crippen molar-refractivity contribution in [1.82, 2.24) is 19.9 Å². The van der Waals surface area contributed by atoms with Crippen molar-refractivity contribution in [1.29, 1.82) is 0 Å². The zero-order valence-corrected chi connectivity index (χ0v) is 10.1. The van der Waals surface area contributed by atoms with Crippen LogP contribution >= 0.6 is 0 Å². The predicted molar refractivity (Wildman–Crippen MR) is 69.3 cm³/mol. The van der Waals surface area contributed by atoms with Crippen molar-refractivity contribution in [3.63, 3.8) is 0 Å². The molecule has 0 spiro atoms. The van der Waals surface area contributed by atoms with Gasteiger partial charge >= 0.3 is 0 Å². The lowest BCUT2D eigenvalue weighted by molar-refractivity contribution is 0.834. The van der Waals surface area contributed by atoms with Gasteiger partial charge in [-0.2, -0.15) is 0 Å². The largest absolute Gasteiger partial charge is 0.364 e. The van der Waals surface area contributed by atoms with Gasteiger partial charge in [-0.15, -0.1) is 0 Å². The molecule has 90 valence electrons. The molecule has 0 aliphatic heterocycles. The quantitative estimate of drug-likeness (QED) is 0.737. The minimum absolute atomic E-state index is 0.0942. The molecular formula is C14H14N4. The van der Waals surface area contributed by atoms with E-state index in [2.05, 4.69) is 32.1 Å². The predicted octanol–water partition coefficient (Wildman–Crippen LogP) is 2.62. The smallest absolute Gasteiger partial charge is 0.125 e. The Morgan fingerprint density at radius 1 is 1.00 bits per heavy atom. The highest BCUT2D eigenvalue weighted by molar-refractivity contribution is 5.33. The van der Waals surface area contributed by atoms with Crippen LogP contribution in [0.3, 0.4) is 0 Å².